The van der Waals surface area contributed by atoms with Gasteiger partial charge in [-0.15, -0.1) is 0 Å². The highest BCUT2D eigenvalue weighted by atomic mass is 35.6. The number of benzene rings is 1. The molecule has 19 heavy (non-hydrogen) atoms. The summed E-state index contributed by atoms with van der Waals surface area (Å²) in [5, 5.41) is 10.4. The zero-order valence-electron chi connectivity index (χ0n) is 11.2. The molecule has 0 aliphatic carbocycles. The van der Waals surface area contributed by atoms with E-state index in [0.29, 0.717) is 5.92 Å². The highest BCUT2D eigenvalue weighted by Crippen LogP contribution is 2.47. The molecular formula is C14H18Cl3NO. The van der Waals surface area contributed by atoms with Crippen LogP contribution in [0.3, 0.4) is 0 Å². The zero-order valence-corrected chi connectivity index (χ0v) is 13.5. The van der Waals surface area contributed by atoms with Crippen molar-refractivity contribution < 1.29 is 5.11 Å². The van der Waals surface area contributed by atoms with E-state index in [2.05, 4.69) is 26.8 Å². The molecule has 5 heteroatoms. The van der Waals surface area contributed by atoms with Crippen LogP contribution in [0.1, 0.15) is 38.7 Å². The molecule has 0 fully saturated rings. The number of aliphatic hydroxyl groups excluding tert-OH is 1. The van der Waals surface area contributed by atoms with Crippen LogP contribution in [0.15, 0.2) is 24.3 Å². The number of fused-ring (bicyclic) bond motifs is 1. The van der Waals surface area contributed by atoms with Gasteiger partial charge in [-0.1, -0.05) is 59.9 Å². The summed E-state index contributed by atoms with van der Waals surface area (Å²) in [7, 11) is 0. The fourth-order valence-electron chi connectivity index (χ4n) is 3.02. The third-order valence-corrected chi connectivity index (χ3v) is 4.31. The Morgan fingerprint density at radius 3 is 2.47 bits per heavy atom. The van der Waals surface area contributed by atoms with Crippen molar-refractivity contribution in [3.8, 4) is 0 Å². The third-order valence-electron chi connectivity index (χ3n) is 3.72. The predicted molar refractivity (Wildman–Crippen MR) is 82.3 cm³/mol. The van der Waals surface area contributed by atoms with Crippen molar-refractivity contribution in [2.24, 2.45) is 0 Å². The first-order chi connectivity index (χ1) is 8.64. The molecule has 0 radical (unpaired) electrons. The van der Waals surface area contributed by atoms with E-state index < -0.39 is 10.0 Å². The number of halogens is 3. The number of alkyl halides is 3. The molecule has 1 heterocycles. The molecule has 106 valence electrons. The molecule has 1 aromatic rings. The van der Waals surface area contributed by atoms with E-state index in [0.717, 1.165) is 12.1 Å². The molecule has 0 aromatic heterocycles. The summed E-state index contributed by atoms with van der Waals surface area (Å²) in [4.78, 5) is 1.81. The Hall–Kier alpha value is -0.150. The van der Waals surface area contributed by atoms with E-state index in [1.807, 2.05) is 23.1 Å². The van der Waals surface area contributed by atoms with E-state index in [-0.39, 0.29) is 5.54 Å². The molecule has 2 nitrogen and oxygen atoms in total. The minimum atomic E-state index is -1.75. The Morgan fingerprint density at radius 1 is 1.32 bits per heavy atom. The van der Waals surface area contributed by atoms with Gasteiger partial charge >= 0.3 is 0 Å². The standard InChI is InChI=1S/C14H18Cl3NO/c1-9-8-13(2,3)18(12(19)14(15,16)17)11-7-5-4-6-10(9)11/h4-7,9,12,19H,8H2,1-3H3/t9-,12-/m1/s1. The molecule has 0 amide bonds. The molecule has 0 spiro atoms. The van der Waals surface area contributed by atoms with Crippen LogP contribution in [0, 0.1) is 0 Å². The lowest BCUT2D eigenvalue weighted by atomic mass is 9.80. The smallest absolute Gasteiger partial charge is 0.234 e. The molecule has 0 unspecified atom stereocenters. The molecule has 1 aliphatic heterocycles. The first kappa shape index (κ1) is 15.2. The molecule has 2 atom stereocenters. The van der Waals surface area contributed by atoms with Crippen molar-refractivity contribution in [1.29, 1.82) is 0 Å². The largest absolute Gasteiger partial charge is 0.369 e. The van der Waals surface area contributed by atoms with Crippen LogP contribution < -0.4 is 4.90 Å². The van der Waals surface area contributed by atoms with Crippen LogP contribution in [0.4, 0.5) is 5.69 Å². The van der Waals surface area contributed by atoms with Gasteiger partial charge in [0.1, 0.15) is 0 Å². The summed E-state index contributed by atoms with van der Waals surface area (Å²) >= 11 is 17.7. The van der Waals surface area contributed by atoms with E-state index in [4.69, 9.17) is 34.8 Å². The summed E-state index contributed by atoms with van der Waals surface area (Å²) in [5.41, 5.74) is 1.83. The number of nitrogens with zero attached hydrogens (tertiary/aromatic N) is 1. The summed E-state index contributed by atoms with van der Waals surface area (Å²) in [6.45, 7) is 6.29. The Morgan fingerprint density at radius 2 is 1.89 bits per heavy atom. The Kier molecular flexibility index (Phi) is 4.01. The number of para-hydroxylation sites is 1. The topological polar surface area (TPSA) is 23.5 Å². The first-order valence-corrected chi connectivity index (χ1v) is 7.41. The van der Waals surface area contributed by atoms with Crippen molar-refractivity contribution in [2.45, 2.75) is 48.7 Å². The normalized spacial score (nSPS) is 23.9. The average molecular weight is 323 g/mol. The fourth-order valence-corrected chi connectivity index (χ4v) is 3.31. The number of hydrogen-bond donors (Lipinski definition) is 1. The lowest BCUT2D eigenvalue weighted by Crippen LogP contribution is -2.57. The van der Waals surface area contributed by atoms with Crippen LogP contribution in [0.2, 0.25) is 0 Å². The number of hydrogen-bond acceptors (Lipinski definition) is 2. The van der Waals surface area contributed by atoms with Crippen LogP contribution in [0.25, 0.3) is 0 Å². The minimum Gasteiger partial charge on any atom is -0.369 e. The molecule has 0 saturated heterocycles. The maximum Gasteiger partial charge on any atom is 0.234 e. The first-order valence-electron chi connectivity index (χ1n) is 6.27. The highest BCUT2D eigenvalue weighted by Gasteiger charge is 2.46. The van der Waals surface area contributed by atoms with Gasteiger partial charge in [0.05, 0.1) is 0 Å². The Balaban J connectivity index is 2.54. The van der Waals surface area contributed by atoms with Crippen molar-refractivity contribution >= 4 is 40.5 Å². The second kappa shape index (κ2) is 5.00. The monoisotopic (exact) mass is 321 g/mol. The maximum absolute atomic E-state index is 10.4. The lowest BCUT2D eigenvalue weighted by molar-refractivity contribution is 0.136. The van der Waals surface area contributed by atoms with Crippen LogP contribution in [-0.2, 0) is 0 Å². The summed E-state index contributed by atoms with van der Waals surface area (Å²) in [6.07, 6.45) is -0.289. The lowest BCUT2D eigenvalue weighted by Gasteiger charge is -2.50. The van der Waals surface area contributed by atoms with Gasteiger partial charge in [0, 0.05) is 11.2 Å². The summed E-state index contributed by atoms with van der Waals surface area (Å²) in [5.74, 6) is 0.407. The number of anilines is 1. The molecule has 1 N–H and O–H groups in total. The number of rotatable bonds is 1. The fraction of sp³-hybridized carbons (Fsp3) is 0.571. The Bertz CT molecular complexity index is 470. The van der Waals surface area contributed by atoms with Gasteiger partial charge in [-0.25, -0.2) is 0 Å². The van der Waals surface area contributed by atoms with Gasteiger partial charge in [0.25, 0.3) is 0 Å². The maximum atomic E-state index is 10.4. The molecule has 0 bridgehead atoms. The van der Waals surface area contributed by atoms with Gasteiger partial charge in [-0.3, -0.25) is 0 Å². The van der Waals surface area contributed by atoms with Crippen LogP contribution in [-0.4, -0.2) is 20.7 Å². The molecule has 1 aromatic carbocycles. The SMILES string of the molecule is C[C@@H]1CC(C)(C)N([C@H](O)C(Cl)(Cl)Cl)c2ccccc21. The number of aliphatic hydroxyl groups is 1. The molecule has 1 aliphatic rings. The van der Waals surface area contributed by atoms with Crippen molar-refractivity contribution in [2.75, 3.05) is 4.90 Å². The zero-order chi connectivity index (χ0) is 14.4. The second-order valence-corrected chi connectivity index (χ2v) is 8.13. The minimum absolute atomic E-state index is 0.281. The van der Waals surface area contributed by atoms with Gasteiger partial charge in [-0.05, 0) is 37.8 Å². The van der Waals surface area contributed by atoms with E-state index >= 15 is 0 Å². The quantitative estimate of drug-likeness (QED) is 0.771. The van der Waals surface area contributed by atoms with Gasteiger partial charge in [-0.2, -0.15) is 0 Å². The molecule has 0 saturated carbocycles. The van der Waals surface area contributed by atoms with Crippen molar-refractivity contribution in [3.63, 3.8) is 0 Å². The van der Waals surface area contributed by atoms with Crippen LogP contribution in [0.5, 0.6) is 0 Å². The molecule has 2 rings (SSSR count). The van der Waals surface area contributed by atoms with Crippen LogP contribution >= 0.6 is 34.8 Å². The third kappa shape index (κ3) is 2.82. The van der Waals surface area contributed by atoms with Crippen molar-refractivity contribution in [1.82, 2.24) is 0 Å². The van der Waals surface area contributed by atoms with Gasteiger partial charge < -0.3 is 10.0 Å². The van der Waals surface area contributed by atoms with Gasteiger partial charge in [0.2, 0.25) is 3.79 Å². The average Bonchev–Trinajstić information content (AvgIpc) is 2.26. The van der Waals surface area contributed by atoms with Gasteiger partial charge in [0.15, 0.2) is 6.23 Å². The van der Waals surface area contributed by atoms with E-state index in [1.54, 1.807) is 0 Å². The second-order valence-electron chi connectivity index (χ2n) is 5.76. The summed E-state index contributed by atoms with van der Waals surface area (Å²) in [6, 6.07) is 7.96. The van der Waals surface area contributed by atoms with Crippen molar-refractivity contribution in [3.05, 3.63) is 29.8 Å². The Labute approximate surface area is 129 Å². The predicted octanol–water partition coefficient (Wildman–Crippen LogP) is 4.47. The summed E-state index contributed by atoms with van der Waals surface area (Å²) < 4.78 is -1.75. The van der Waals surface area contributed by atoms with E-state index in [1.165, 1.54) is 5.56 Å². The van der Waals surface area contributed by atoms with E-state index in [9.17, 15) is 5.11 Å². The molecular weight excluding hydrogens is 305 g/mol. The highest BCUT2D eigenvalue weighted by molar-refractivity contribution is 6.68.